The van der Waals surface area contributed by atoms with Crippen LogP contribution < -0.4 is 14.8 Å². The average Bonchev–Trinajstić information content (AvgIpc) is 2.76. The van der Waals surface area contributed by atoms with E-state index in [1.165, 1.54) is 6.08 Å². The van der Waals surface area contributed by atoms with Crippen LogP contribution in [0.4, 0.5) is 5.69 Å². The molecule has 0 unspecified atom stereocenters. The zero-order valence-corrected chi connectivity index (χ0v) is 18.6. The minimum atomic E-state index is -0.354. The van der Waals surface area contributed by atoms with Crippen molar-refractivity contribution >= 4 is 23.6 Å². The van der Waals surface area contributed by atoms with Gasteiger partial charge < -0.3 is 19.5 Å². The summed E-state index contributed by atoms with van der Waals surface area (Å²) < 4.78 is 16.3. The molecule has 0 saturated heterocycles. The maximum Gasteiger partial charge on any atom is 0.338 e. The molecule has 0 aliphatic carbocycles. The van der Waals surface area contributed by atoms with E-state index in [1.807, 2.05) is 32.0 Å². The Hall–Kier alpha value is -3.28. The lowest BCUT2D eigenvalue weighted by Crippen LogP contribution is -2.09. The first kappa shape index (κ1) is 24.0. The molecule has 0 aliphatic heterocycles. The number of anilines is 1. The van der Waals surface area contributed by atoms with Crippen molar-refractivity contribution in [2.24, 2.45) is 0 Å². The third-order valence-electron chi connectivity index (χ3n) is 4.35. The zero-order valence-electron chi connectivity index (χ0n) is 18.6. The number of hydrogen-bond acceptors (Lipinski definition) is 5. The number of carbonyl (C=O) groups excluding carboxylic acids is 2. The molecule has 6 nitrogen and oxygen atoms in total. The van der Waals surface area contributed by atoms with E-state index in [1.54, 1.807) is 37.5 Å². The van der Waals surface area contributed by atoms with Crippen LogP contribution in [0.2, 0.25) is 0 Å². The SMILES string of the molecule is CCCCCOC(=O)c1ccc(NC(=O)/C=C/c2ccc(OC(C)C)c(OC)c2)cc1. The van der Waals surface area contributed by atoms with Gasteiger partial charge in [-0.15, -0.1) is 0 Å². The molecular weight excluding hydrogens is 394 g/mol. The van der Waals surface area contributed by atoms with E-state index in [2.05, 4.69) is 12.2 Å². The molecule has 0 heterocycles. The van der Waals surface area contributed by atoms with Crippen molar-refractivity contribution in [2.75, 3.05) is 19.0 Å². The molecule has 2 aromatic rings. The Kier molecular flexibility index (Phi) is 9.62. The number of unbranched alkanes of at least 4 members (excludes halogenated alkanes) is 2. The molecule has 2 aromatic carbocycles. The zero-order chi connectivity index (χ0) is 22.6. The van der Waals surface area contributed by atoms with Crippen LogP contribution in [0.5, 0.6) is 11.5 Å². The number of methoxy groups -OCH3 is 1. The highest BCUT2D eigenvalue weighted by Crippen LogP contribution is 2.29. The first-order valence-electron chi connectivity index (χ1n) is 10.5. The summed E-state index contributed by atoms with van der Waals surface area (Å²) in [5.74, 6) is 0.626. The largest absolute Gasteiger partial charge is 0.493 e. The molecule has 166 valence electrons. The Morgan fingerprint density at radius 1 is 1.03 bits per heavy atom. The molecule has 0 radical (unpaired) electrons. The number of carbonyl (C=O) groups is 2. The molecule has 0 spiro atoms. The Balaban J connectivity index is 1.92. The van der Waals surface area contributed by atoms with Crippen LogP contribution in [0.1, 0.15) is 56.0 Å². The Morgan fingerprint density at radius 3 is 2.42 bits per heavy atom. The lowest BCUT2D eigenvalue weighted by molar-refractivity contribution is -0.111. The fourth-order valence-corrected chi connectivity index (χ4v) is 2.78. The van der Waals surface area contributed by atoms with E-state index in [9.17, 15) is 9.59 Å². The van der Waals surface area contributed by atoms with Gasteiger partial charge in [0.05, 0.1) is 25.4 Å². The third kappa shape index (κ3) is 8.16. The van der Waals surface area contributed by atoms with Crippen LogP contribution >= 0.6 is 0 Å². The van der Waals surface area contributed by atoms with Gasteiger partial charge in [0, 0.05) is 11.8 Å². The van der Waals surface area contributed by atoms with Gasteiger partial charge in [0.1, 0.15) is 0 Å². The van der Waals surface area contributed by atoms with E-state index >= 15 is 0 Å². The summed E-state index contributed by atoms with van der Waals surface area (Å²) in [7, 11) is 1.58. The van der Waals surface area contributed by atoms with Gasteiger partial charge in [-0.2, -0.15) is 0 Å². The monoisotopic (exact) mass is 425 g/mol. The summed E-state index contributed by atoms with van der Waals surface area (Å²) >= 11 is 0. The highest BCUT2D eigenvalue weighted by Gasteiger charge is 2.08. The van der Waals surface area contributed by atoms with Gasteiger partial charge in [-0.3, -0.25) is 4.79 Å². The Bertz CT molecular complexity index is 887. The third-order valence-corrected chi connectivity index (χ3v) is 4.35. The average molecular weight is 426 g/mol. The lowest BCUT2D eigenvalue weighted by atomic mass is 10.1. The molecule has 0 aromatic heterocycles. The van der Waals surface area contributed by atoms with Crippen molar-refractivity contribution in [1.29, 1.82) is 0 Å². The summed E-state index contributed by atoms with van der Waals surface area (Å²) in [6.45, 7) is 6.41. The maximum atomic E-state index is 12.2. The number of benzene rings is 2. The number of ether oxygens (including phenoxy) is 3. The van der Waals surface area contributed by atoms with Crippen LogP contribution in [0, 0.1) is 0 Å². The molecule has 0 atom stereocenters. The number of amides is 1. The van der Waals surface area contributed by atoms with E-state index in [0.29, 0.717) is 29.4 Å². The highest BCUT2D eigenvalue weighted by molar-refractivity contribution is 6.02. The van der Waals surface area contributed by atoms with E-state index in [0.717, 1.165) is 24.8 Å². The number of rotatable bonds is 11. The molecule has 0 bridgehead atoms. The van der Waals surface area contributed by atoms with Gasteiger partial charge in [0.2, 0.25) is 5.91 Å². The molecule has 2 rings (SSSR count). The topological polar surface area (TPSA) is 73.9 Å². The van der Waals surface area contributed by atoms with Gasteiger partial charge in [-0.25, -0.2) is 4.79 Å². The number of hydrogen-bond donors (Lipinski definition) is 1. The summed E-state index contributed by atoms with van der Waals surface area (Å²) in [6, 6.07) is 12.1. The predicted molar refractivity (Wildman–Crippen MR) is 123 cm³/mol. The van der Waals surface area contributed by atoms with Crippen LogP contribution in [-0.2, 0) is 9.53 Å². The Morgan fingerprint density at radius 2 is 1.77 bits per heavy atom. The molecule has 0 saturated carbocycles. The van der Waals surface area contributed by atoms with Gasteiger partial charge in [0.15, 0.2) is 11.5 Å². The Labute approximate surface area is 184 Å². The van der Waals surface area contributed by atoms with Crippen molar-refractivity contribution in [2.45, 2.75) is 46.1 Å². The lowest BCUT2D eigenvalue weighted by Gasteiger charge is -2.13. The van der Waals surface area contributed by atoms with Crippen LogP contribution in [-0.4, -0.2) is 31.7 Å². The fourth-order valence-electron chi connectivity index (χ4n) is 2.78. The second-order valence-electron chi connectivity index (χ2n) is 7.32. The van der Waals surface area contributed by atoms with Crippen molar-refractivity contribution in [1.82, 2.24) is 0 Å². The van der Waals surface area contributed by atoms with Gasteiger partial charge >= 0.3 is 5.97 Å². The molecule has 31 heavy (non-hydrogen) atoms. The summed E-state index contributed by atoms with van der Waals surface area (Å²) in [5.41, 5.74) is 1.86. The van der Waals surface area contributed by atoms with E-state index in [-0.39, 0.29) is 18.0 Å². The smallest absolute Gasteiger partial charge is 0.338 e. The first-order chi connectivity index (χ1) is 14.9. The molecule has 1 amide bonds. The van der Waals surface area contributed by atoms with Crippen molar-refractivity contribution in [3.8, 4) is 11.5 Å². The second kappa shape index (κ2) is 12.4. The quantitative estimate of drug-likeness (QED) is 0.293. The highest BCUT2D eigenvalue weighted by atomic mass is 16.5. The van der Waals surface area contributed by atoms with Crippen molar-refractivity contribution < 1.29 is 23.8 Å². The first-order valence-corrected chi connectivity index (χ1v) is 10.5. The molecule has 1 N–H and O–H groups in total. The van der Waals surface area contributed by atoms with Crippen molar-refractivity contribution in [3.05, 3.63) is 59.7 Å². The predicted octanol–water partition coefficient (Wildman–Crippen LogP) is 5.48. The second-order valence-corrected chi connectivity index (χ2v) is 7.32. The summed E-state index contributed by atoms with van der Waals surface area (Å²) in [5, 5.41) is 2.77. The standard InChI is InChI=1S/C25H31NO5/c1-5-6-7-16-30-25(28)20-10-12-21(13-11-20)26-24(27)15-9-19-8-14-22(31-18(2)3)23(17-19)29-4/h8-15,17-18H,5-7,16H2,1-4H3,(H,26,27)/b15-9+. The molecule has 0 fully saturated rings. The summed E-state index contributed by atoms with van der Waals surface area (Å²) in [6.07, 6.45) is 6.14. The van der Waals surface area contributed by atoms with E-state index in [4.69, 9.17) is 14.2 Å². The molecule has 0 aliphatic rings. The van der Waals surface area contributed by atoms with Crippen LogP contribution in [0.15, 0.2) is 48.5 Å². The van der Waals surface area contributed by atoms with Gasteiger partial charge in [0.25, 0.3) is 0 Å². The minimum Gasteiger partial charge on any atom is -0.493 e. The van der Waals surface area contributed by atoms with Crippen LogP contribution in [0.3, 0.4) is 0 Å². The fraction of sp³-hybridized carbons (Fsp3) is 0.360. The van der Waals surface area contributed by atoms with Crippen molar-refractivity contribution in [3.63, 3.8) is 0 Å². The number of nitrogens with one attached hydrogen (secondary N) is 1. The van der Waals surface area contributed by atoms with E-state index < -0.39 is 0 Å². The van der Waals surface area contributed by atoms with Gasteiger partial charge in [-0.05, 0) is 68.3 Å². The molecule has 6 heteroatoms. The normalized spacial score (nSPS) is 10.9. The van der Waals surface area contributed by atoms with Crippen LogP contribution in [0.25, 0.3) is 6.08 Å². The van der Waals surface area contributed by atoms with Gasteiger partial charge in [-0.1, -0.05) is 25.8 Å². The minimum absolute atomic E-state index is 0.0374. The summed E-state index contributed by atoms with van der Waals surface area (Å²) in [4.78, 5) is 24.2. The maximum absolute atomic E-state index is 12.2. The number of esters is 1. The molecular formula is C25H31NO5.